The molecule has 0 radical (unpaired) electrons. The Labute approximate surface area is 212 Å². The third-order valence-electron chi connectivity index (χ3n) is 7.31. The molecule has 0 aliphatic carbocycles. The normalized spacial score (nSPS) is 12.3. The van der Waals surface area contributed by atoms with Gasteiger partial charge in [-0.15, -0.1) is 0 Å². The summed E-state index contributed by atoms with van der Waals surface area (Å²) in [6, 6.07) is 52.7. The van der Waals surface area contributed by atoms with Gasteiger partial charge in [-0.2, -0.15) is 0 Å². The van der Waals surface area contributed by atoms with E-state index in [9.17, 15) is 0 Å². The van der Waals surface area contributed by atoms with Crippen molar-refractivity contribution in [2.75, 3.05) is 4.81 Å². The van der Waals surface area contributed by atoms with E-state index in [4.69, 9.17) is 0 Å². The number of anilines is 2. The Bertz CT molecular complexity index is 1690. The molecule has 0 N–H and O–H groups in total. The molecular weight excluding hydrogens is 433 g/mol. The van der Waals surface area contributed by atoms with Gasteiger partial charge in [-0.3, -0.25) is 0 Å². The Morgan fingerprint density at radius 3 is 2.00 bits per heavy atom. The standard InChI is InChI=1S/C34H24BN/c1-3-14-27(15-4-1)35-33-23-22-26(30-20-11-13-25-12-7-8-18-29(25)30)24-32(33)31-19-9-10-21-34(31)36(35)28-16-5-2-6-17-28/h1-24H. The van der Waals surface area contributed by atoms with Crippen LogP contribution in [-0.2, 0) is 0 Å². The lowest BCUT2D eigenvalue weighted by Gasteiger charge is -2.39. The summed E-state index contributed by atoms with van der Waals surface area (Å²) >= 11 is 0. The Morgan fingerprint density at radius 1 is 0.472 bits per heavy atom. The van der Waals surface area contributed by atoms with Crippen LogP contribution >= 0.6 is 0 Å². The summed E-state index contributed by atoms with van der Waals surface area (Å²) in [5, 5.41) is 2.56. The first-order chi connectivity index (χ1) is 17.9. The Morgan fingerprint density at radius 2 is 1.14 bits per heavy atom. The summed E-state index contributed by atoms with van der Waals surface area (Å²) in [6.45, 7) is 0.0834. The number of nitrogens with zero attached hydrogens (tertiary/aromatic N) is 1. The van der Waals surface area contributed by atoms with Crippen molar-refractivity contribution in [3.63, 3.8) is 0 Å². The highest BCUT2D eigenvalue weighted by Crippen LogP contribution is 2.41. The molecule has 0 unspecified atom stereocenters. The van der Waals surface area contributed by atoms with Crippen LogP contribution in [0.5, 0.6) is 0 Å². The second kappa shape index (κ2) is 8.59. The van der Waals surface area contributed by atoms with E-state index >= 15 is 0 Å². The highest BCUT2D eigenvalue weighted by molar-refractivity contribution is 6.90. The van der Waals surface area contributed by atoms with Crippen LogP contribution < -0.4 is 15.7 Å². The summed E-state index contributed by atoms with van der Waals surface area (Å²) in [5.74, 6) is 0. The van der Waals surface area contributed by atoms with Crippen molar-refractivity contribution < 1.29 is 0 Å². The molecule has 2 heteroatoms. The van der Waals surface area contributed by atoms with Gasteiger partial charge in [0, 0.05) is 16.9 Å². The molecule has 0 bridgehead atoms. The Kier molecular flexibility index (Phi) is 4.96. The maximum Gasteiger partial charge on any atom is 0.328 e. The summed E-state index contributed by atoms with van der Waals surface area (Å²) in [4.78, 5) is 2.49. The van der Waals surface area contributed by atoms with Crippen LogP contribution in [0.15, 0.2) is 146 Å². The van der Waals surface area contributed by atoms with Gasteiger partial charge in [0.1, 0.15) is 0 Å². The molecule has 0 spiro atoms. The zero-order chi connectivity index (χ0) is 23.9. The lowest BCUT2D eigenvalue weighted by atomic mass is 9.45. The molecule has 0 saturated carbocycles. The average Bonchev–Trinajstić information content (AvgIpc) is 2.97. The minimum atomic E-state index is 0.0834. The third kappa shape index (κ3) is 3.34. The van der Waals surface area contributed by atoms with Crippen molar-refractivity contribution in [1.82, 2.24) is 0 Å². The summed E-state index contributed by atoms with van der Waals surface area (Å²) < 4.78 is 0. The van der Waals surface area contributed by atoms with E-state index in [0.717, 1.165) is 0 Å². The molecule has 1 aliphatic rings. The van der Waals surface area contributed by atoms with Gasteiger partial charge < -0.3 is 4.81 Å². The molecular formula is C34H24BN. The molecule has 1 heterocycles. The van der Waals surface area contributed by atoms with E-state index < -0.39 is 0 Å². The van der Waals surface area contributed by atoms with Crippen molar-refractivity contribution >= 4 is 39.9 Å². The predicted molar refractivity (Wildman–Crippen MR) is 155 cm³/mol. The van der Waals surface area contributed by atoms with Crippen LogP contribution in [0.2, 0.25) is 0 Å². The van der Waals surface area contributed by atoms with Crippen molar-refractivity contribution in [2.45, 2.75) is 0 Å². The number of benzene rings is 6. The molecule has 6 aromatic carbocycles. The number of fused-ring (bicyclic) bond motifs is 4. The van der Waals surface area contributed by atoms with Crippen LogP contribution in [-0.4, -0.2) is 6.85 Å². The van der Waals surface area contributed by atoms with E-state index in [1.807, 2.05) is 0 Å². The molecule has 0 amide bonds. The van der Waals surface area contributed by atoms with Crippen LogP contribution in [0.1, 0.15) is 0 Å². The quantitative estimate of drug-likeness (QED) is 0.250. The van der Waals surface area contributed by atoms with Crippen LogP contribution in [0.4, 0.5) is 11.4 Å². The molecule has 0 fully saturated rings. The van der Waals surface area contributed by atoms with Crippen molar-refractivity contribution in [3.8, 4) is 22.3 Å². The summed E-state index contributed by atoms with van der Waals surface area (Å²) in [6.07, 6.45) is 0. The maximum atomic E-state index is 2.49. The van der Waals surface area contributed by atoms with Gasteiger partial charge in [0.15, 0.2) is 0 Å². The van der Waals surface area contributed by atoms with Gasteiger partial charge in [0.25, 0.3) is 0 Å². The molecule has 1 nitrogen and oxygen atoms in total. The van der Waals surface area contributed by atoms with Gasteiger partial charge in [0.05, 0.1) is 0 Å². The van der Waals surface area contributed by atoms with E-state index in [1.165, 1.54) is 55.3 Å². The predicted octanol–water partition coefficient (Wildman–Crippen LogP) is 7.43. The fraction of sp³-hybridized carbons (Fsp3) is 0. The zero-order valence-electron chi connectivity index (χ0n) is 19.9. The number of para-hydroxylation sites is 2. The smallest absolute Gasteiger partial charge is 0.328 e. The first-order valence-corrected chi connectivity index (χ1v) is 12.5. The number of hydrogen-bond donors (Lipinski definition) is 0. The topological polar surface area (TPSA) is 3.24 Å². The molecule has 0 saturated heterocycles. The van der Waals surface area contributed by atoms with Crippen LogP contribution in [0.3, 0.4) is 0 Å². The van der Waals surface area contributed by atoms with Crippen LogP contribution in [0.25, 0.3) is 33.0 Å². The molecule has 0 atom stereocenters. The van der Waals surface area contributed by atoms with Gasteiger partial charge in [-0.05, 0) is 57.2 Å². The van der Waals surface area contributed by atoms with Crippen LogP contribution in [0, 0.1) is 0 Å². The fourth-order valence-electron chi connectivity index (χ4n) is 5.70. The second-order valence-corrected chi connectivity index (χ2v) is 9.36. The zero-order valence-corrected chi connectivity index (χ0v) is 19.9. The monoisotopic (exact) mass is 457 g/mol. The maximum absolute atomic E-state index is 2.49. The van der Waals surface area contributed by atoms with Gasteiger partial charge >= 0.3 is 6.85 Å². The largest absolute Gasteiger partial charge is 0.376 e. The third-order valence-corrected chi connectivity index (χ3v) is 7.31. The highest BCUT2D eigenvalue weighted by atomic mass is 15.1. The average molecular weight is 457 g/mol. The van der Waals surface area contributed by atoms with Gasteiger partial charge in [0.2, 0.25) is 0 Å². The SMILES string of the molecule is c1ccc(B2c3ccc(-c4cccc5ccccc45)cc3-c3ccccc3N2c2ccccc2)cc1. The Hall–Kier alpha value is -4.56. The van der Waals surface area contributed by atoms with Crippen molar-refractivity contribution in [1.29, 1.82) is 0 Å². The number of rotatable bonds is 3. The fourth-order valence-corrected chi connectivity index (χ4v) is 5.70. The van der Waals surface area contributed by atoms with E-state index in [-0.39, 0.29) is 6.85 Å². The first-order valence-electron chi connectivity index (χ1n) is 12.5. The highest BCUT2D eigenvalue weighted by Gasteiger charge is 2.36. The van der Waals surface area contributed by atoms with E-state index in [2.05, 4.69) is 150 Å². The lowest BCUT2D eigenvalue weighted by molar-refractivity contribution is 1.36. The molecule has 36 heavy (non-hydrogen) atoms. The number of hydrogen-bond acceptors (Lipinski definition) is 1. The Balaban J connectivity index is 1.50. The minimum absolute atomic E-state index is 0.0834. The summed E-state index contributed by atoms with van der Waals surface area (Å²) in [5.41, 5.74) is 10.1. The van der Waals surface area contributed by atoms with Crippen molar-refractivity contribution in [2.24, 2.45) is 0 Å². The van der Waals surface area contributed by atoms with Crippen molar-refractivity contribution in [3.05, 3.63) is 146 Å². The van der Waals surface area contributed by atoms with Gasteiger partial charge in [-0.25, -0.2) is 0 Å². The molecule has 168 valence electrons. The minimum Gasteiger partial charge on any atom is -0.376 e. The first kappa shape index (κ1) is 20.8. The summed E-state index contributed by atoms with van der Waals surface area (Å²) in [7, 11) is 0. The van der Waals surface area contributed by atoms with E-state index in [1.54, 1.807) is 0 Å². The lowest BCUT2D eigenvalue weighted by Crippen LogP contribution is -2.57. The molecule has 7 rings (SSSR count). The van der Waals surface area contributed by atoms with E-state index in [0.29, 0.717) is 0 Å². The molecule has 6 aromatic rings. The molecule has 0 aromatic heterocycles. The second-order valence-electron chi connectivity index (χ2n) is 9.36. The molecule has 1 aliphatic heterocycles. The van der Waals surface area contributed by atoms with Gasteiger partial charge in [-0.1, -0.05) is 127 Å².